The first kappa shape index (κ1) is 14.6. The predicted octanol–water partition coefficient (Wildman–Crippen LogP) is 1.73. The molecule has 0 amide bonds. The lowest BCUT2D eigenvalue weighted by Crippen LogP contribution is -2.36. The zero-order valence-electron chi connectivity index (χ0n) is 11.7. The highest BCUT2D eigenvalue weighted by Crippen LogP contribution is 2.37. The van der Waals surface area contributed by atoms with Crippen molar-refractivity contribution in [2.75, 3.05) is 6.54 Å². The standard InChI is InChI=1S/C13H22N2O3S/c1-4-15(10(2)3)19(17,18)13-7-12(9-16)14(8-13)11-5-6-11/h7-8,10-11,16H,4-6,9H2,1-3H3. The van der Waals surface area contributed by atoms with Gasteiger partial charge < -0.3 is 9.67 Å². The van der Waals surface area contributed by atoms with Crippen LogP contribution >= 0.6 is 0 Å². The molecule has 0 spiro atoms. The van der Waals surface area contributed by atoms with Crippen LogP contribution in [0.25, 0.3) is 0 Å². The molecule has 5 nitrogen and oxygen atoms in total. The first-order valence-corrected chi connectivity index (χ1v) is 8.19. The molecule has 0 aromatic carbocycles. The predicted molar refractivity (Wildman–Crippen MR) is 73.3 cm³/mol. The van der Waals surface area contributed by atoms with Crippen LogP contribution in [0.1, 0.15) is 45.3 Å². The Morgan fingerprint density at radius 1 is 1.47 bits per heavy atom. The second-order valence-electron chi connectivity index (χ2n) is 5.27. The maximum absolute atomic E-state index is 12.6. The lowest BCUT2D eigenvalue weighted by Gasteiger charge is -2.23. The van der Waals surface area contributed by atoms with Crippen molar-refractivity contribution in [2.24, 2.45) is 0 Å². The van der Waals surface area contributed by atoms with Gasteiger partial charge >= 0.3 is 0 Å². The first-order valence-electron chi connectivity index (χ1n) is 6.75. The van der Waals surface area contributed by atoms with Crippen LogP contribution in [-0.2, 0) is 16.6 Å². The lowest BCUT2D eigenvalue weighted by atomic mass is 10.4. The minimum absolute atomic E-state index is 0.0724. The Bertz CT molecular complexity index is 544. The minimum atomic E-state index is -3.47. The summed E-state index contributed by atoms with van der Waals surface area (Å²) >= 11 is 0. The largest absolute Gasteiger partial charge is 0.390 e. The van der Waals surface area contributed by atoms with Crippen LogP contribution in [0.3, 0.4) is 0 Å². The van der Waals surface area contributed by atoms with E-state index in [0.717, 1.165) is 12.8 Å². The van der Waals surface area contributed by atoms with E-state index < -0.39 is 10.0 Å². The minimum Gasteiger partial charge on any atom is -0.390 e. The van der Waals surface area contributed by atoms with E-state index in [4.69, 9.17) is 0 Å². The molecule has 2 rings (SSSR count). The molecule has 108 valence electrons. The first-order chi connectivity index (χ1) is 8.91. The van der Waals surface area contributed by atoms with Gasteiger partial charge in [-0.25, -0.2) is 8.42 Å². The third-order valence-electron chi connectivity index (χ3n) is 3.50. The zero-order valence-corrected chi connectivity index (χ0v) is 12.5. The summed E-state index contributed by atoms with van der Waals surface area (Å²) < 4.78 is 28.5. The van der Waals surface area contributed by atoms with Crippen LogP contribution in [0.4, 0.5) is 0 Å². The van der Waals surface area contributed by atoms with Gasteiger partial charge in [-0.05, 0) is 32.8 Å². The van der Waals surface area contributed by atoms with Crippen molar-refractivity contribution in [3.05, 3.63) is 18.0 Å². The highest BCUT2D eigenvalue weighted by Gasteiger charge is 2.31. The maximum Gasteiger partial charge on any atom is 0.244 e. The third-order valence-corrected chi connectivity index (χ3v) is 5.62. The molecule has 19 heavy (non-hydrogen) atoms. The van der Waals surface area contributed by atoms with Crippen molar-refractivity contribution < 1.29 is 13.5 Å². The van der Waals surface area contributed by atoms with Gasteiger partial charge in [-0.15, -0.1) is 0 Å². The van der Waals surface area contributed by atoms with Gasteiger partial charge in [-0.3, -0.25) is 0 Å². The quantitative estimate of drug-likeness (QED) is 0.866. The molecule has 1 N–H and O–H groups in total. The fourth-order valence-corrected chi connectivity index (χ4v) is 4.10. The number of hydrogen-bond donors (Lipinski definition) is 1. The van der Waals surface area contributed by atoms with Crippen molar-refractivity contribution in [1.82, 2.24) is 8.87 Å². The number of hydrogen-bond acceptors (Lipinski definition) is 3. The number of aliphatic hydroxyl groups excluding tert-OH is 1. The van der Waals surface area contributed by atoms with Crippen LogP contribution in [0.5, 0.6) is 0 Å². The summed E-state index contributed by atoms with van der Waals surface area (Å²) in [5.74, 6) is 0. The molecule has 1 aliphatic carbocycles. The molecule has 0 aliphatic heterocycles. The van der Waals surface area contributed by atoms with Gasteiger partial charge in [-0.1, -0.05) is 6.92 Å². The van der Waals surface area contributed by atoms with E-state index >= 15 is 0 Å². The van der Waals surface area contributed by atoms with Gasteiger partial charge in [-0.2, -0.15) is 4.31 Å². The number of sulfonamides is 1. The molecular formula is C13H22N2O3S. The molecule has 1 aromatic heterocycles. The summed E-state index contributed by atoms with van der Waals surface area (Å²) in [4.78, 5) is 0.291. The molecule has 1 aliphatic rings. The van der Waals surface area contributed by atoms with Gasteiger partial charge in [0.25, 0.3) is 0 Å². The molecule has 1 heterocycles. The number of aliphatic hydroxyl groups is 1. The van der Waals surface area contributed by atoms with E-state index in [1.807, 2.05) is 25.3 Å². The molecule has 1 saturated carbocycles. The molecule has 0 saturated heterocycles. The highest BCUT2D eigenvalue weighted by atomic mass is 32.2. The van der Waals surface area contributed by atoms with Gasteiger partial charge in [0.1, 0.15) is 4.90 Å². The van der Waals surface area contributed by atoms with Gasteiger partial charge in [0.2, 0.25) is 10.0 Å². The summed E-state index contributed by atoms with van der Waals surface area (Å²) in [6, 6.07) is 1.88. The molecule has 6 heteroatoms. The molecule has 0 bridgehead atoms. The van der Waals surface area contributed by atoms with E-state index in [9.17, 15) is 13.5 Å². The van der Waals surface area contributed by atoms with E-state index in [1.165, 1.54) is 4.31 Å². The fraction of sp³-hybridized carbons (Fsp3) is 0.692. The molecule has 0 unspecified atom stereocenters. The smallest absolute Gasteiger partial charge is 0.244 e. The van der Waals surface area contributed by atoms with E-state index in [0.29, 0.717) is 23.2 Å². The molecular weight excluding hydrogens is 264 g/mol. The average molecular weight is 286 g/mol. The van der Waals surface area contributed by atoms with Crippen molar-refractivity contribution >= 4 is 10.0 Å². The Morgan fingerprint density at radius 2 is 2.11 bits per heavy atom. The Hall–Kier alpha value is -0.850. The second-order valence-corrected chi connectivity index (χ2v) is 7.16. The third kappa shape index (κ3) is 2.70. The Morgan fingerprint density at radius 3 is 2.53 bits per heavy atom. The summed E-state index contributed by atoms with van der Waals surface area (Å²) in [7, 11) is -3.47. The second kappa shape index (κ2) is 5.26. The highest BCUT2D eigenvalue weighted by molar-refractivity contribution is 7.89. The average Bonchev–Trinajstić information content (AvgIpc) is 3.07. The van der Waals surface area contributed by atoms with Crippen LogP contribution in [0.2, 0.25) is 0 Å². The van der Waals surface area contributed by atoms with Gasteiger partial charge in [0.15, 0.2) is 0 Å². The van der Waals surface area contributed by atoms with Crippen LogP contribution in [-0.4, -0.2) is 35.0 Å². The number of aromatic nitrogens is 1. The maximum atomic E-state index is 12.6. The topological polar surface area (TPSA) is 62.5 Å². The normalized spacial score (nSPS) is 16.5. The van der Waals surface area contributed by atoms with Crippen molar-refractivity contribution in [3.8, 4) is 0 Å². The molecule has 1 fully saturated rings. The molecule has 0 atom stereocenters. The van der Waals surface area contributed by atoms with Crippen LogP contribution < -0.4 is 0 Å². The number of rotatable bonds is 6. The van der Waals surface area contributed by atoms with Gasteiger partial charge in [0.05, 0.1) is 6.61 Å². The Labute approximate surface area is 114 Å². The van der Waals surface area contributed by atoms with E-state index in [-0.39, 0.29) is 12.6 Å². The number of nitrogens with zero attached hydrogens (tertiary/aromatic N) is 2. The van der Waals surface area contributed by atoms with Crippen LogP contribution in [0, 0.1) is 0 Å². The fourth-order valence-electron chi connectivity index (χ4n) is 2.41. The summed E-state index contributed by atoms with van der Waals surface area (Å²) in [5, 5.41) is 9.35. The van der Waals surface area contributed by atoms with Crippen molar-refractivity contribution in [3.63, 3.8) is 0 Å². The summed E-state index contributed by atoms with van der Waals surface area (Å²) in [5.41, 5.74) is 0.681. The van der Waals surface area contributed by atoms with E-state index in [2.05, 4.69) is 0 Å². The van der Waals surface area contributed by atoms with Gasteiger partial charge in [0, 0.05) is 30.5 Å². The summed E-state index contributed by atoms with van der Waals surface area (Å²) in [6.07, 6.45) is 3.79. The molecule has 0 radical (unpaired) electrons. The monoisotopic (exact) mass is 286 g/mol. The lowest BCUT2D eigenvalue weighted by molar-refractivity contribution is 0.270. The molecule has 1 aromatic rings. The van der Waals surface area contributed by atoms with Crippen LogP contribution in [0.15, 0.2) is 17.2 Å². The Balaban J connectivity index is 2.40. The van der Waals surface area contributed by atoms with Crippen molar-refractivity contribution in [1.29, 1.82) is 0 Å². The Kier molecular flexibility index (Phi) is 4.03. The van der Waals surface area contributed by atoms with Crippen molar-refractivity contribution in [2.45, 2.75) is 57.2 Å². The SMILES string of the molecule is CCN(C(C)C)S(=O)(=O)c1cc(CO)n(C2CC2)c1. The zero-order chi connectivity index (χ0) is 14.2. The van der Waals surface area contributed by atoms with E-state index in [1.54, 1.807) is 12.3 Å². The summed E-state index contributed by atoms with van der Waals surface area (Å²) in [6.45, 7) is 5.89.